The summed E-state index contributed by atoms with van der Waals surface area (Å²) in [5.41, 5.74) is 2.80. The minimum absolute atomic E-state index is 0.0310. The van der Waals surface area contributed by atoms with Crippen LogP contribution in [0.15, 0.2) is 71.5 Å². The summed E-state index contributed by atoms with van der Waals surface area (Å²) in [5, 5.41) is 2.70. The Morgan fingerprint density at radius 1 is 0.968 bits per heavy atom. The highest BCUT2D eigenvalue weighted by Gasteiger charge is 2.25. The molecular weight excluding hydrogens is 392 g/mol. The van der Waals surface area contributed by atoms with Crippen molar-refractivity contribution >= 4 is 11.9 Å². The van der Waals surface area contributed by atoms with Gasteiger partial charge in [-0.1, -0.05) is 60.7 Å². The first-order valence-corrected chi connectivity index (χ1v) is 10.1. The van der Waals surface area contributed by atoms with Crippen LogP contribution in [0.25, 0.3) is 0 Å². The van der Waals surface area contributed by atoms with Crippen molar-refractivity contribution in [3.63, 3.8) is 0 Å². The zero-order valence-electron chi connectivity index (χ0n) is 17.9. The zero-order valence-corrected chi connectivity index (χ0v) is 17.9. The Bertz CT molecular complexity index is 1120. The molecule has 160 valence electrons. The lowest BCUT2D eigenvalue weighted by atomic mass is 10.0. The second kappa shape index (κ2) is 9.89. The summed E-state index contributed by atoms with van der Waals surface area (Å²) >= 11 is 0. The van der Waals surface area contributed by atoms with Crippen molar-refractivity contribution in [1.29, 1.82) is 0 Å². The number of aromatic nitrogens is 1. The molecule has 3 rings (SSSR count). The summed E-state index contributed by atoms with van der Waals surface area (Å²) in [5.74, 6) is -1.15. The van der Waals surface area contributed by atoms with Crippen LogP contribution < -0.4 is 10.9 Å². The van der Waals surface area contributed by atoms with Gasteiger partial charge >= 0.3 is 5.97 Å². The predicted octanol–water partition coefficient (Wildman–Crippen LogP) is 3.03. The van der Waals surface area contributed by atoms with Gasteiger partial charge in [0.1, 0.15) is 11.6 Å². The number of rotatable bonds is 7. The molecule has 3 aromatic rings. The summed E-state index contributed by atoms with van der Waals surface area (Å²) in [6.45, 7) is 3.92. The lowest BCUT2D eigenvalue weighted by Crippen LogP contribution is -2.45. The fourth-order valence-electron chi connectivity index (χ4n) is 3.58. The first kappa shape index (κ1) is 22.0. The number of methoxy groups -OCH3 is 1. The van der Waals surface area contributed by atoms with E-state index >= 15 is 0 Å². The van der Waals surface area contributed by atoms with Crippen LogP contribution in [0, 0.1) is 13.8 Å². The van der Waals surface area contributed by atoms with E-state index in [0.29, 0.717) is 12.1 Å². The van der Waals surface area contributed by atoms with Gasteiger partial charge in [-0.15, -0.1) is 0 Å². The van der Waals surface area contributed by atoms with Crippen molar-refractivity contribution in [2.45, 2.75) is 32.9 Å². The molecule has 0 aliphatic carbocycles. The van der Waals surface area contributed by atoms with Crippen molar-refractivity contribution in [2.24, 2.45) is 0 Å². The van der Waals surface area contributed by atoms with Gasteiger partial charge in [-0.05, 0) is 36.6 Å². The summed E-state index contributed by atoms with van der Waals surface area (Å²) in [6, 6.07) is 19.8. The van der Waals surface area contributed by atoms with Gasteiger partial charge in [0.05, 0.1) is 13.7 Å². The quantitative estimate of drug-likeness (QED) is 0.599. The molecule has 0 bridgehead atoms. The molecule has 1 unspecified atom stereocenters. The fourth-order valence-corrected chi connectivity index (χ4v) is 3.58. The molecule has 1 atom stereocenters. The number of hydrogen-bond acceptors (Lipinski definition) is 4. The maximum atomic E-state index is 13.2. The number of nitrogens with one attached hydrogen (secondary N) is 1. The van der Waals surface area contributed by atoms with Crippen molar-refractivity contribution in [3.8, 4) is 0 Å². The molecule has 0 spiro atoms. The largest absolute Gasteiger partial charge is 0.467 e. The molecule has 0 aliphatic rings. The molecule has 0 saturated heterocycles. The first-order chi connectivity index (χ1) is 14.9. The van der Waals surface area contributed by atoms with Gasteiger partial charge in [0.15, 0.2) is 0 Å². The maximum Gasteiger partial charge on any atom is 0.328 e. The van der Waals surface area contributed by atoms with E-state index in [1.165, 1.54) is 7.11 Å². The highest BCUT2D eigenvalue weighted by atomic mass is 16.5. The van der Waals surface area contributed by atoms with Crippen LogP contribution >= 0.6 is 0 Å². The van der Waals surface area contributed by atoms with Gasteiger partial charge in [-0.3, -0.25) is 9.59 Å². The van der Waals surface area contributed by atoms with Crippen LogP contribution in [0.2, 0.25) is 0 Å². The van der Waals surface area contributed by atoms with Crippen molar-refractivity contribution in [1.82, 2.24) is 9.88 Å². The molecule has 6 heteroatoms. The monoisotopic (exact) mass is 418 g/mol. The number of benzene rings is 2. The van der Waals surface area contributed by atoms with Gasteiger partial charge in [0, 0.05) is 12.1 Å². The number of pyridine rings is 1. The summed E-state index contributed by atoms with van der Waals surface area (Å²) in [7, 11) is 1.27. The SMILES string of the molecule is COC(=O)C(Cc1ccccc1)NC(=O)c1c(C)cc(C)n(Cc2ccccc2)c1=O. The minimum Gasteiger partial charge on any atom is -0.467 e. The van der Waals surface area contributed by atoms with Crippen LogP contribution in [-0.2, 0) is 22.5 Å². The minimum atomic E-state index is -0.900. The van der Waals surface area contributed by atoms with Gasteiger partial charge < -0.3 is 14.6 Å². The van der Waals surface area contributed by atoms with Gasteiger partial charge in [-0.25, -0.2) is 4.79 Å². The van der Waals surface area contributed by atoms with E-state index in [4.69, 9.17) is 4.74 Å². The molecule has 0 fully saturated rings. The van der Waals surface area contributed by atoms with Crippen LogP contribution in [0.3, 0.4) is 0 Å². The smallest absolute Gasteiger partial charge is 0.328 e. The maximum absolute atomic E-state index is 13.2. The van der Waals surface area contributed by atoms with E-state index in [0.717, 1.165) is 16.8 Å². The van der Waals surface area contributed by atoms with Crippen molar-refractivity contribution < 1.29 is 14.3 Å². The Kier molecular flexibility index (Phi) is 7.03. The number of ether oxygens (including phenoxy) is 1. The molecule has 2 aromatic carbocycles. The lowest BCUT2D eigenvalue weighted by Gasteiger charge is -2.19. The topological polar surface area (TPSA) is 77.4 Å². The Hall–Kier alpha value is -3.67. The van der Waals surface area contributed by atoms with E-state index in [2.05, 4.69) is 5.32 Å². The van der Waals surface area contributed by atoms with Crippen LogP contribution in [-0.4, -0.2) is 29.6 Å². The van der Waals surface area contributed by atoms with Gasteiger partial charge in [-0.2, -0.15) is 0 Å². The third-order valence-electron chi connectivity index (χ3n) is 5.19. The van der Waals surface area contributed by atoms with Crippen molar-refractivity contribution in [2.75, 3.05) is 7.11 Å². The van der Waals surface area contributed by atoms with Gasteiger partial charge in [0.2, 0.25) is 0 Å². The lowest BCUT2D eigenvalue weighted by molar-refractivity contribution is -0.142. The molecule has 1 amide bonds. The normalized spacial score (nSPS) is 11.6. The molecule has 1 N–H and O–H groups in total. The van der Waals surface area contributed by atoms with Crippen LogP contribution in [0.4, 0.5) is 0 Å². The average Bonchev–Trinajstić information content (AvgIpc) is 2.77. The van der Waals surface area contributed by atoms with E-state index in [1.807, 2.05) is 73.7 Å². The molecule has 31 heavy (non-hydrogen) atoms. The fraction of sp³-hybridized carbons (Fsp3) is 0.240. The van der Waals surface area contributed by atoms with E-state index in [-0.39, 0.29) is 17.5 Å². The van der Waals surface area contributed by atoms with E-state index < -0.39 is 17.9 Å². The average molecular weight is 418 g/mol. The zero-order chi connectivity index (χ0) is 22.4. The van der Waals surface area contributed by atoms with Crippen LogP contribution in [0.1, 0.15) is 32.7 Å². The number of nitrogens with zero attached hydrogens (tertiary/aromatic N) is 1. The van der Waals surface area contributed by atoms with E-state index in [9.17, 15) is 14.4 Å². The summed E-state index contributed by atoms with van der Waals surface area (Å²) < 4.78 is 6.44. The third-order valence-corrected chi connectivity index (χ3v) is 5.19. The van der Waals surface area contributed by atoms with Crippen LogP contribution in [0.5, 0.6) is 0 Å². The highest BCUT2D eigenvalue weighted by molar-refractivity contribution is 5.97. The summed E-state index contributed by atoms with van der Waals surface area (Å²) in [6.07, 6.45) is 0.266. The Labute approximate surface area is 181 Å². The molecule has 1 aromatic heterocycles. The number of aryl methyl sites for hydroxylation is 2. The number of hydrogen-bond donors (Lipinski definition) is 1. The highest BCUT2D eigenvalue weighted by Crippen LogP contribution is 2.11. The number of carbonyl (C=O) groups is 2. The molecular formula is C25H26N2O4. The summed E-state index contributed by atoms with van der Waals surface area (Å²) in [4.78, 5) is 38.6. The Morgan fingerprint density at radius 2 is 1.55 bits per heavy atom. The number of amides is 1. The predicted molar refractivity (Wildman–Crippen MR) is 119 cm³/mol. The standard InChI is InChI=1S/C25H26N2O4/c1-17-14-18(2)27(16-20-12-8-5-9-13-20)24(29)22(17)23(28)26-21(25(30)31-3)15-19-10-6-4-7-11-19/h4-14,21H,15-16H2,1-3H3,(H,26,28). The third kappa shape index (κ3) is 5.28. The van der Waals surface area contributed by atoms with Crippen molar-refractivity contribution in [3.05, 3.63) is 105 Å². The molecule has 0 aliphatic heterocycles. The number of carbonyl (C=O) groups excluding carboxylic acids is 2. The number of esters is 1. The van der Waals surface area contributed by atoms with Gasteiger partial charge in [0.25, 0.3) is 11.5 Å². The second-order valence-electron chi connectivity index (χ2n) is 7.46. The molecule has 0 saturated carbocycles. The van der Waals surface area contributed by atoms with E-state index in [1.54, 1.807) is 11.5 Å². The first-order valence-electron chi connectivity index (χ1n) is 10.1. The molecule has 1 heterocycles. The molecule has 6 nitrogen and oxygen atoms in total. The Balaban J connectivity index is 1.91. The molecule has 0 radical (unpaired) electrons. The Morgan fingerprint density at radius 3 is 2.13 bits per heavy atom. The second-order valence-corrected chi connectivity index (χ2v) is 7.46.